The van der Waals surface area contributed by atoms with Crippen LogP contribution in [0.1, 0.15) is 45.1 Å². The zero-order valence-electron chi connectivity index (χ0n) is 14.2. The average molecular weight is 320 g/mol. The Hall–Kier alpha value is -1.56. The van der Waals surface area contributed by atoms with Gasteiger partial charge in [-0.3, -0.25) is 4.68 Å². The monoisotopic (exact) mass is 320 g/mol. The van der Waals surface area contributed by atoms with Gasteiger partial charge in [0.2, 0.25) is 0 Å². The summed E-state index contributed by atoms with van der Waals surface area (Å²) in [7, 11) is 1.80. The Kier molecular flexibility index (Phi) is 4.36. The predicted molar refractivity (Wildman–Crippen MR) is 87.7 cm³/mol. The summed E-state index contributed by atoms with van der Waals surface area (Å²) >= 11 is 0. The molecule has 3 N–H and O–H groups in total. The molecule has 2 saturated carbocycles. The Labute approximate surface area is 137 Å². The van der Waals surface area contributed by atoms with Gasteiger partial charge in [0.25, 0.3) is 0 Å². The summed E-state index contributed by atoms with van der Waals surface area (Å²) in [5.41, 5.74) is -0.428. The van der Waals surface area contributed by atoms with Crippen LogP contribution in [-0.2, 0) is 12.6 Å². The fourth-order valence-electron chi connectivity index (χ4n) is 4.32. The number of rotatable bonds is 5. The predicted octanol–water partition coefficient (Wildman–Crippen LogP) is 1.75. The normalized spacial score (nSPS) is 30.0. The van der Waals surface area contributed by atoms with Crippen LogP contribution in [0.3, 0.4) is 0 Å². The van der Waals surface area contributed by atoms with Gasteiger partial charge in [0.05, 0.1) is 12.7 Å². The minimum Gasteiger partial charge on any atom is -0.383 e. The molecule has 3 rings (SSSR count). The third kappa shape index (κ3) is 3.52. The Morgan fingerprint density at radius 1 is 1.52 bits per heavy atom. The van der Waals surface area contributed by atoms with Crippen molar-refractivity contribution in [3.8, 4) is 0 Å². The highest BCUT2D eigenvalue weighted by molar-refractivity contribution is 5.74. The number of carbonyl (C=O) groups is 1. The maximum atomic E-state index is 12.1. The molecule has 6 heteroatoms. The van der Waals surface area contributed by atoms with Crippen molar-refractivity contribution in [2.45, 2.75) is 51.2 Å². The lowest BCUT2D eigenvalue weighted by Gasteiger charge is -2.29. The number of hydrogen-bond donors (Lipinski definition) is 3. The van der Waals surface area contributed by atoms with Crippen molar-refractivity contribution in [1.29, 1.82) is 0 Å². The molecule has 2 bridgehead atoms. The smallest absolute Gasteiger partial charge is 0.315 e. The summed E-state index contributed by atoms with van der Waals surface area (Å²) in [6, 6.07) is -0.0157. The second-order valence-electron chi connectivity index (χ2n) is 7.63. The minimum atomic E-state index is -1.12. The summed E-state index contributed by atoms with van der Waals surface area (Å²) < 4.78 is 1.64. The molecule has 0 saturated heterocycles. The van der Waals surface area contributed by atoms with Crippen molar-refractivity contribution in [3.63, 3.8) is 0 Å². The number of amides is 2. The zero-order chi connectivity index (χ0) is 16.6. The molecule has 0 aromatic carbocycles. The van der Waals surface area contributed by atoms with Crippen molar-refractivity contribution < 1.29 is 9.90 Å². The second kappa shape index (κ2) is 6.15. The minimum absolute atomic E-state index is 0.161. The standard InChI is InChI=1S/C17H28N4O2/c1-11(15-7-12-4-5-13(15)6-12)20-16(22)18-10-17(2,23)14-8-19-21(3)9-14/h8-9,11-13,15,23H,4-7,10H2,1-3H3,(H2,18,20,22). The summed E-state index contributed by atoms with van der Waals surface area (Å²) in [5.74, 6) is 2.27. The van der Waals surface area contributed by atoms with Crippen molar-refractivity contribution in [2.24, 2.45) is 24.8 Å². The second-order valence-corrected chi connectivity index (χ2v) is 7.63. The van der Waals surface area contributed by atoms with Gasteiger partial charge in [-0.2, -0.15) is 5.10 Å². The lowest BCUT2D eigenvalue weighted by molar-refractivity contribution is 0.0590. The molecule has 23 heavy (non-hydrogen) atoms. The molecular formula is C17H28N4O2. The van der Waals surface area contributed by atoms with E-state index in [2.05, 4.69) is 22.7 Å². The lowest BCUT2D eigenvalue weighted by Crippen LogP contribution is -2.48. The van der Waals surface area contributed by atoms with Crippen LogP contribution in [0, 0.1) is 17.8 Å². The number of nitrogens with one attached hydrogen (secondary N) is 2. The van der Waals surface area contributed by atoms with Gasteiger partial charge in [0, 0.05) is 24.8 Å². The Morgan fingerprint density at radius 3 is 2.87 bits per heavy atom. The molecule has 2 amide bonds. The first-order valence-electron chi connectivity index (χ1n) is 8.61. The summed E-state index contributed by atoms with van der Waals surface area (Å²) in [6.07, 6.45) is 8.66. The SMILES string of the molecule is CC(NC(=O)NCC(C)(O)c1cnn(C)c1)C1CC2CCC1C2. The number of aryl methyl sites for hydroxylation is 1. The molecule has 1 heterocycles. The molecular weight excluding hydrogens is 292 g/mol. The number of urea groups is 1. The van der Waals surface area contributed by atoms with Gasteiger partial charge in [-0.15, -0.1) is 0 Å². The summed E-state index contributed by atoms with van der Waals surface area (Å²) in [4.78, 5) is 12.1. The van der Waals surface area contributed by atoms with Gasteiger partial charge in [-0.05, 0) is 50.9 Å². The van der Waals surface area contributed by atoms with E-state index in [1.165, 1.54) is 25.7 Å². The summed E-state index contributed by atoms with van der Waals surface area (Å²) in [5, 5.41) is 20.4. The largest absolute Gasteiger partial charge is 0.383 e. The van der Waals surface area contributed by atoms with E-state index in [4.69, 9.17) is 0 Å². The first-order chi connectivity index (χ1) is 10.8. The van der Waals surface area contributed by atoms with Gasteiger partial charge in [0.15, 0.2) is 0 Å². The molecule has 6 nitrogen and oxygen atoms in total. The Morgan fingerprint density at radius 2 is 2.30 bits per heavy atom. The molecule has 5 unspecified atom stereocenters. The molecule has 128 valence electrons. The van der Waals surface area contributed by atoms with E-state index >= 15 is 0 Å². The molecule has 2 fully saturated rings. The van der Waals surface area contributed by atoms with Gasteiger partial charge in [-0.1, -0.05) is 6.42 Å². The van der Waals surface area contributed by atoms with Crippen molar-refractivity contribution in [2.75, 3.05) is 6.54 Å². The topological polar surface area (TPSA) is 79.2 Å². The van der Waals surface area contributed by atoms with Crippen molar-refractivity contribution >= 4 is 6.03 Å². The lowest BCUT2D eigenvalue weighted by atomic mass is 9.84. The van der Waals surface area contributed by atoms with E-state index in [-0.39, 0.29) is 18.6 Å². The van der Waals surface area contributed by atoms with Crippen LogP contribution in [0.4, 0.5) is 4.79 Å². The number of nitrogens with zero attached hydrogens (tertiary/aromatic N) is 2. The fraction of sp³-hybridized carbons (Fsp3) is 0.765. The van der Waals surface area contributed by atoms with E-state index in [0.29, 0.717) is 11.5 Å². The number of hydrogen-bond acceptors (Lipinski definition) is 3. The fourth-order valence-corrected chi connectivity index (χ4v) is 4.32. The van der Waals surface area contributed by atoms with Gasteiger partial charge < -0.3 is 15.7 Å². The molecule has 0 radical (unpaired) electrons. The first-order valence-corrected chi connectivity index (χ1v) is 8.61. The van der Waals surface area contributed by atoms with Gasteiger partial charge in [-0.25, -0.2) is 4.79 Å². The molecule has 1 aromatic heterocycles. The van der Waals surface area contributed by atoms with E-state index < -0.39 is 5.60 Å². The van der Waals surface area contributed by atoms with E-state index in [9.17, 15) is 9.90 Å². The van der Waals surface area contributed by atoms with Crippen molar-refractivity contribution in [3.05, 3.63) is 18.0 Å². The highest BCUT2D eigenvalue weighted by Crippen LogP contribution is 2.49. The third-order valence-electron chi connectivity index (χ3n) is 5.71. The van der Waals surface area contributed by atoms with Crippen LogP contribution in [0.15, 0.2) is 12.4 Å². The van der Waals surface area contributed by atoms with E-state index in [1.807, 2.05) is 0 Å². The van der Waals surface area contributed by atoms with Gasteiger partial charge >= 0.3 is 6.03 Å². The van der Waals surface area contributed by atoms with Crippen molar-refractivity contribution in [1.82, 2.24) is 20.4 Å². The molecule has 0 spiro atoms. The maximum absolute atomic E-state index is 12.1. The maximum Gasteiger partial charge on any atom is 0.315 e. The zero-order valence-corrected chi connectivity index (χ0v) is 14.2. The average Bonchev–Trinajstić information content (AvgIpc) is 3.21. The van der Waals surface area contributed by atoms with E-state index in [1.54, 1.807) is 31.0 Å². The van der Waals surface area contributed by atoms with Gasteiger partial charge in [0.1, 0.15) is 5.60 Å². The molecule has 2 aliphatic carbocycles. The highest BCUT2D eigenvalue weighted by Gasteiger charge is 2.42. The Bertz CT molecular complexity index is 569. The summed E-state index contributed by atoms with van der Waals surface area (Å²) in [6.45, 7) is 3.95. The number of carbonyl (C=O) groups excluding carboxylic acids is 1. The molecule has 5 atom stereocenters. The van der Waals surface area contributed by atoms with Crippen LogP contribution >= 0.6 is 0 Å². The number of aromatic nitrogens is 2. The molecule has 2 aliphatic rings. The van der Waals surface area contributed by atoms with Crippen LogP contribution in [0.25, 0.3) is 0 Å². The molecule has 0 aliphatic heterocycles. The van der Waals surface area contributed by atoms with Crippen LogP contribution in [0.5, 0.6) is 0 Å². The van der Waals surface area contributed by atoms with E-state index in [0.717, 1.165) is 11.8 Å². The van der Waals surface area contributed by atoms with Crippen LogP contribution in [-0.4, -0.2) is 33.5 Å². The quantitative estimate of drug-likeness (QED) is 0.773. The first kappa shape index (κ1) is 16.3. The highest BCUT2D eigenvalue weighted by atomic mass is 16.3. The number of fused-ring (bicyclic) bond motifs is 2. The number of aliphatic hydroxyl groups is 1. The molecule has 1 aromatic rings. The third-order valence-corrected chi connectivity index (χ3v) is 5.71. The Balaban J connectivity index is 1.47. The van der Waals surface area contributed by atoms with Crippen LogP contribution in [0.2, 0.25) is 0 Å². The van der Waals surface area contributed by atoms with Crippen LogP contribution < -0.4 is 10.6 Å².